The van der Waals surface area contributed by atoms with Gasteiger partial charge in [0.05, 0.1) is 0 Å². The first-order valence-electron chi connectivity index (χ1n) is 4.36. The number of hydrogen-bond acceptors (Lipinski definition) is 4. The van der Waals surface area contributed by atoms with Gasteiger partial charge in [-0.15, -0.1) is 0 Å². The fraction of sp³-hybridized carbons (Fsp3) is 0.375. The van der Waals surface area contributed by atoms with Gasteiger partial charge < -0.3 is 0 Å². The Morgan fingerprint density at radius 1 is 1.47 bits per heavy atom. The van der Waals surface area contributed by atoms with Crippen LogP contribution in [0.4, 0.5) is 19.0 Å². The molecule has 0 amide bonds. The number of anilines is 1. The highest BCUT2D eigenvalue weighted by Crippen LogP contribution is 2.12. The molecule has 94 valence electrons. The van der Waals surface area contributed by atoms with Crippen LogP contribution in [0.2, 0.25) is 0 Å². The Hall–Kier alpha value is -2.06. The zero-order chi connectivity index (χ0) is 13.2. The molecule has 0 radical (unpaired) electrons. The van der Waals surface area contributed by atoms with Crippen LogP contribution in [-0.2, 0) is 7.05 Å². The maximum atomic E-state index is 11.8. The molecule has 0 aliphatic heterocycles. The van der Waals surface area contributed by atoms with E-state index in [4.69, 9.17) is 0 Å². The number of rotatable bonds is 2. The Balaban J connectivity index is 3.07. The van der Waals surface area contributed by atoms with Gasteiger partial charge in [-0.1, -0.05) is 0 Å². The molecule has 0 saturated heterocycles. The van der Waals surface area contributed by atoms with E-state index in [0.29, 0.717) is 0 Å². The summed E-state index contributed by atoms with van der Waals surface area (Å²) in [7, 11) is 2.41. The van der Waals surface area contributed by atoms with Gasteiger partial charge in [-0.2, -0.15) is 18.3 Å². The van der Waals surface area contributed by atoms with Crippen molar-refractivity contribution >= 4 is 12.0 Å². The zero-order valence-corrected chi connectivity index (χ0v) is 8.95. The second kappa shape index (κ2) is 4.44. The molecule has 0 unspecified atom stereocenters. The molecule has 0 saturated carbocycles. The minimum Gasteiger partial charge on any atom is -0.292 e. The number of halogens is 3. The minimum absolute atomic E-state index is 0.126. The average Bonchev–Trinajstić information content (AvgIpc) is 2.20. The van der Waals surface area contributed by atoms with Gasteiger partial charge in [0.25, 0.3) is 5.56 Å². The van der Waals surface area contributed by atoms with E-state index in [1.165, 1.54) is 14.1 Å². The second-order valence-corrected chi connectivity index (χ2v) is 3.17. The van der Waals surface area contributed by atoms with Crippen LogP contribution in [-0.4, -0.2) is 29.0 Å². The lowest BCUT2D eigenvalue weighted by atomic mass is 10.5. The molecule has 1 rings (SSSR count). The van der Waals surface area contributed by atoms with Gasteiger partial charge in [0.1, 0.15) is 12.0 Å². The summed E-state index contributed by atoms with van der Waals surface area (Å²) in [6, 6.07) is 0.967. The van der Waals surface area contributed by atoms with Crippen molar-refractivity contribution < 1.29 is 13.2 Å². The first-order chi connectivity index (χ1) is 7.70. The fourth-order valence-electron chi connectivity index (χ4n) is 0.932. The van der Waals surface area contributed by atoms with Gasteiger partial charge in [0.15, 0.2) is 0 Å². The number of aromatic amines is 1. The van der Waals surface area contributed by atoms with Crippen LogP contribution in [0.3, 0.4) is 0 Å². The van der Waals surface area contributed by atoms with Crippen molar-refractivity contribution in [1.29, 1.82) is 0 Å². The summed E-state index contributed by atoms with van der Waals surface area (Å²) >= 11 is 0. The third-order valence-electron chi connectivity index (χ3n) is 1.86. The Morgan fingerprint density at radius 3 is 2.53 bits per heavy atom. The number of hydrazone groups is 1. The van der Waals surface area contributed by atoms with E-state index >= 15 is 0 Å². The summed E-state index contributed by atoms with van der Waals surface area (Å²) in [5.74, 6) is -0.126. The summed E-state index contributed by atoms with van der Waals surface area (Å²) in [5, 5.41) is 3.79. The average molecular weight is 250 g/mol. The fourth-order valence-corrected chi connectivity index (χ4v) is 0.932. The highest BCUT2D eigenvalue weighted by Gasteiger charge is 2.24. The number of aromatic nitrogens is 2. The molecule has 0 aromatic carbocycles. The van der Waals surface area contributed by atoms with E-state index in [1.54, 1.807) is 0 Å². The smallest absolute Gasteiger partial charge is 0.292 e. The monoisotopic (exact) mass is 250 g/mol. The van der Waals surface area contributed by atoms with Crippen LogP contribution in [0.25, 0.3) is 0 Å². The number of nitrogens with zero attached hydrogens (tertiary/aromatic N) is 3. The van der Waals surface area contributed by atoms with Crippen LogP contribution < -0.4 is 16.3 Å². The first kappa shape index (κ1) is 13.0. The quantitative estimate of drug-likeness (QED) is 0.596. The largest absolute Gasteiger partial charge is 0.428 e. The van der Waals surface area contributed by atoms with Gasteiger partial charge >= 0.3 is 11.9 Å². The van der Waals surface area contributed by atoms with Crippen molar-refractivity contribution in [3.05, 3.63) is 26.9 Å². The first-order valence-corrected chi connectivity index (χ1v) is 4.36. The maximum Gasteiger partial charge on any atom is 0.428 e. The normalized spacial score (nSPS) is 12.1. The predicted molar refractivity (Wildman–Crippen MR) is 55.3 cm³/mol. The molecular formula is C8H9F3N4O2. The molecule has 0 spiro atoms. The van der Waals surface area contributed by atoms with Gasteiger partial charge in [-0.25, -0.2) is 4.79 Å². The summed E-state index contributed by atoms with van der Waals surface area (Å²) in [6.07, 6.45) is -4.81. The Bertz CT molecular complexity index is 512. The van der Waals surface area contributed by atoms with Crippen molar-refractivity contribution in [1.82, 2.24) is 9.55 Å². The molecule has 1 heterocycles. The highest BCUT2D eigenvalue weighted by molar-refractivity contribution is 5.65. The molecule has 9 heteroatoms. The lowest BCUT2D eigenvalue weighted by Crippen LogP contribution is -2.33. The van der Waals surface area contributed by atoms with Gasteiger partial charge in [-0.05, 0) is 0 Å². The number of hydrogen-bond donors (Lipinski definition) is 1. The van der Waals surface area contributed by atoms with E-state index in [1.807, 2.05) is 0 Å². The molecule has 6 nitrogen and oxygen atoms in total. The SMILES string of the molecule is CN(/N=C/C(F)(F)F)c1cc(=O)n(C)c(=O)[nH]1. The molecule has 1 aromatic rings. The molecule has 1 aromatic heterocycles. The number of alkyl halides is 3. The predicted octanol–water partition coefficient (Wildman–Crippen LogP) is 0.0579. The lowest BCUT2D eigenvalue weighted by Gasteiger charge is -2.12. The van der Waals surface area contributed by atoms with Crippen molar-refractivity contribution in [3.63, 3.8) is 0 Å². The van der Waals surface area contributed by atoms with Crippen molar-refractivity contribution in [3.8, 4) is 0 Å². The van der Waals surface area contributed by atoms with Gasteiger partial charge in [-0.3, -0.25) is 19.4 Å². The Labute approximate surface area is 93.0 Å². The van der Waals surface area contributed by atoms with E-state index < -0.39 is 17.4 Å². The van der Waals surface area contributed by atoms with Crippen LogP contribution >= 0.6 is 0 Å². The minimum atomic E-state index is -4.56. The highest BCUT2D eigenvalue weighted by atomic mass is 19.4. The Morgan fingerprint density at radius 2 is 2.06 bits per heavy atom. The van der Waals surface area contributed by atoms with Gasteiger partial charge in [0.2, 0.25) is 0 Å². The summed E-state index contributed by atoms with van der Waals surface area (Å²) in [4.78, 5) is 24.6. The molecular weight excluding hydrogens is 241 g/mol. The molecule has 0 atom stereocenters. The third kappa shape index (κ3) is 3.47. The summed E-state index contributed by atoms with van der Waals surface area (Å²) < 4.78 is 36.3. The van der Waals surface area contributed by atoms with E-state index in [0.717, 1.165) is 15.6 Å². The van der Waals surface area contributed by atoms with Crippen molar-refractivity contribution in [2.45, 2.75) is 6.18 Å². The third-order valence-corrected chi connectivity index (χ3v) is 1.86. The number of nitrogens with one attached hydrogen (secondary N) is 1. The molecule has 0 aliphatic rings. The molecule has 17 heavy (non-hydrogen) atoms. The number of H-pyrrole nitrogens is 1. The molecule has 0 bridgehead atoms. The van der Waals surface area contributed by atoms with Crippen molar-refractivity contribution in [2.75, 3.05) is 12.1 Å². The van der Waals surface area contributed by atoms with Crippen LogP contribution in [0.15, 0.2) is 20.8 Å². The van der Waals surface area contributed by atoms with Crippen LogP contribution in [0, 0.1) is 0 Å². The lowest BCUT2D eigenvalue weighted by molar-refractivity contribution is -0.0537. The van der Waals surface area contributed by atoms with E-state index in [-0.39, 0.29) is 12.0 Å². The van der Waals surface area contributed by atoms with Gasteiger partial charge in [0, 0.05) is 20.2 Å². The summed E-state index contributed by atoms with van der Waals surface area (Å²) in [5.41, 5.74) is -1.38. The second-order valence-electron chi connectivity index (χ2n) is 3.17. The van der Waals surface area contributed by atoms with Crippen LogP contribution in [0.5, 0.6) is 0 Å². The summed E-state index contributed by atoms with van der Waals surface area (Å²) in [6.45, 7) is 0. The van der Waals surface area contributed by atoms with Crippen molar-refractivity contribution in [2.24, 2.45) is 12.1 Å². The van der Waals surface area contributed by atoms with E-state index in [9.17, 15) is 22.8 Å². The van der Waals surface area contributed by atoms with E-state index in [2.05, 4.69) is 10.1 Å². The zero-order valence-electron chi connectivity index (χ0n) is 8.95. The molecule has 0 fully saturated rings. The topological polar surface area (TPSA) is 70.5 Å². The standard InChI is InChI=1S/C8H9F3N4O2/c1-14-6(16)3-5(13-7(14)17)15(2)12-4-8(9,10)11/h3-4H,1-2H3,(H,13,17)/b12-4+. The maximum absolute atomic E-state index is 11.8. The molecule has 0 aliphatic carbocycles. The Kier molecular flexibility index (Phi) is 3.39. The molecule has 1 N–H and O–H groups in total. The van der Waals surface area contributed by atoms with Crippen LogP contribution in [0.1, 0.15) is 0 Å².